The molecule has 1 aromatic heterocycles. The molecule has 1 amide bonds. The second kappa shape index (κ2) is 4.42. The van der Waals surface area contributed by atoms with Crippen LogP contribution in [0.25, 0.3) is 0 Å². The normalized spacial score (nSPS) is 19.9. The molecule has 2 rings (SSSR count). The first-order chi connectivity index (χ1) is 7.91. The van der Waals surface area contributed by atoms with Crippen molar-refractivity contribution in [2.75, 3.05) is 0 Å². The minimum atomic E-state index is -0.170. The molecule has 0 spiro atoms. The zero-order chi connectivity index (χ0) is 12.6. The molecule has 0 saturated heterocycles. The van der Waals surface area contributed by atoms with Crippen LogP contribution >= 0.6 is 11.3 Å². The molecule has 1 heterocycles. The van der Waals surface area contributed by atoms with Crippen LogP contribution in [0, 0.1) is 11.3 Å². The fourth-order valence-corrected chi connectivity index (χ4v) is 3.56. The van der Waals surface area contributed by atoms with Gasteiger partial charge in [-0.05, 0) is 42.2 Å². The van der Waals surface area contributed by atoms with Gasteiger partial charge in [-0.2, -0.15) is 0 Å². The van der Waals surface area contributed by atoms with Crippen molar-refractivity contribution < 1.29 is 4.79 Å². The predicted octanol–water partition coefficient (Wildman–Crippen LogP) is 2.50. The Morgan fingerprint density at radius 2 is 2.24 bits per heavy atom. The molecule has 3 nitrogen and oxygen atoms in total. The van der Waals surface area contributed by atoms with Crippen molar-refractivity contribution in [1.82, 2.24) is 5.43 Å². The van der Waals surface area contributed by atoms with Crippen LogP contribution in [-0.4, -0.2) is 5.91 Å². The van der Waals surface area contributed by atoms with Gasteiger partial charge in [-0.25, -0.2) is 5.84 Å². The van der Waals surface area contributed by atoms with Crippen LogP contribution in [0.2, 0.25) is 0 Å². The number of hydrogen-bond acceptors (Lipinski definition) is 3. The van der Waals surface area contributed by atoms with E-state index >= 15 is 0 Å². The van der Waals surface area contributed by atoms with Gasteiger partial charge < -0.3 is 0 Å². The highest BCUT2D eigenvalue weighted by atomic mass is 32.1. The third-order valence-corrected chi connectivity index (χ3v) is 4.90. The maximum Gasteiger partial charge on any atom is 0.275 e. The van der Waals surface area contributed by atoms with E-state index in [0.29, 0.717) is 11.3 Å². The van der Waals surface area contributed by atoms with E-state index in [9.17, 15) is 4.79 Å². The van der Waals surface area contributed by atoms with E-state index < -0.39 is 0 Å². The Labute approximate surface area is 106 Å². The molecule has 0 aliphatic heterocycles. The molecule has 94 valence electrons. The highest BCUT2D eigenvalue weighted by molar-refractivity contribution is 7.14. The molecular formula is C13H20N2OS. The summed E-state index contributed by atoms with van der Waals surface area (Å²) in [7, 11) is 0. The zero-order valence-electron chi connectivity index (χ0n) is 10.7. The monoisotopic (exact) mass is 252 g/mol. The lowest BCUT2D eigenvalue weighted by atomic mass is 9.72. The first kappa shape index (κ1) is 12.6. The Hall–Kier alpha value is -0.870. The number of carbonyl (C=O) groups excluding carboxylic acids is 1. The molecule has 1 aromatic rings. The molecule has 3 N–H and O–H groups in total. The topological polar surface area (TPSA) is 55.1 Å². The summed E-state index contributed by atoms with van der Waals surface area (Å²) in [5.41, 5.74) is 3.89. The molecular weight excluding hydrogens is 232 g/mol. The van der Waals surface area contributed by atoms with Crippen LogP contribution < -0.4 is 11.3 Å². The minimum absolute atomic E-state index is 0.170. The van der Waals surface area contributed by atoms with Gasteiger partial charge in [-0.1, -0.05) is 20.8 Å². The van der Waals surface area contributed by atoms with Crippen molar-refractivity contribution in [3.63, 3.8) is 0 Å². The molecule has 1 atom stereocenters. The Morgan fingerprint density at radius 3 is 2.82 bits per heavy atom. The van der Waals surface area contributed by atoms with Gasteiger partial charge in [0.2, 0.25) is 0 Å². The van der Waals surface area contributed by atoms with E-state index in [1.54, 1.807) is 11.3 Å². The molecule has 0 radical (unpaired) electrons. The standard InChI is InChI=1S/C13H20N2OS/c1-13(2,3)9-4-5-10-8(6-9)7-11(17-10)12(16)15-14/h7,9H,4-6,14H2,1-3H3,(H,15,16). The number of hydrogen-bond donors (Lipinski definition) is 2. The largest absolute Gasteiger partial charge is 0.289 e. The van der Waals surface area contributed by atoms with Gasteiger partial charge in [0.15, 0.2) is 0 Å². The maximum atomic E-state index is 11.5. The summed E-state index contributed by atoms with van der Waals surface area (Å²) in [6.07, 6.45) is 3.41. The fraction of sp³-hybridized carbons (Fsp3) is 0.615. The van der Waals surface area contributed by atoms with Crippen molar-refractivity contribution in [3.8, 4) is 0 Å². The van der Waals surface area contributed by atoms with Crippen LogP contribution in [0.1, 0.15) is 47.3 Å². The first-order valence-electron chi connectivity index (χ1n) is 6.04. The van der Waals surface area contributed by atoms with E-state index in [1.165, 1.54) is 16.9 Å². The van der Waals surface area contributed by atoms with Gasteiger partial charge in [-0.3, -0.25) is 10.2 Å². The smallest absolute Gasteiger partial charge is 0.275 e. The molecule has 0 aromatic carbocycles. The lowest BCUT2D eigenvalue weighted by Crippen LogP contribution is -2.29. The van der Waals surface area contributed by atoms with E-state index in [4.69, 9.17) is 5.84 Å². The average molecular weight is 252 g/mol. The van der Waals surface area contributed by atoms with E-state index in [0.717, 1.165) is 17.7 Å². The summed E-state index contributed by atoms with van der Waals surface area (Å²) < 4.78 is 0. The first-order valence-corrected chi connectivity index (χ1v) is 6.86. The summed E-state index contributed by atoms with van der Waals surface area (Å²) in [6.45, 7) is 6.88. The molecule has 17 heavy (non-hydrogen) atoms. The molecule has 4 heteroatoms. The van der Waals surface area contributed by atoms with Gasteiger partial charge in [0.05, 0.1) is 4.88 Å². The Morgan fingerprint density at radius 1 is 1.53 bits per heavy atom. The van der Waals surface area contributed by atoms with Gasteiger partial charge in [0.1, 0.15) is 0 Å². The molecule has 0 fully saturated rings. The predicted molar refractivity (Wildman–Crippen MR) is 70.9 cm³/mol. The number of nitrogens with two attached hydrogens (primary N) is 1. The molecule has 1 aliphatic carbocycles. The number of rotatable bonds is 1. The molecule has 1 unspecified atom stereocenters. The van der Waals surface area contributed by atoms with Crippen LogP contribution in [0.15, 0.2) is 6.07 Å². The molecule has 0 bridgehead atoms. The third-order valence-electron chi connectivity index (χ3n) is 3.66. The van der Waals surface area contributed by atoms with E-state index in [1.807, 2.05) is 6.07 Å². The number of thiophene rings is 1. The number of fused-ring (bicyclic) bond motifs is 1. The highest BCUT2D eigenvalue weighted by Gasteiger charge is 2.30. The van der Waals surface area contributed by atoms with Crippen LogP contribution in [0.3, 0.4) is 0 Å². The second-order valence-electron chi connectivity index (χ2n) is 5.84. The summed E-state index contributed by atoms with van der Waals surface area (Å²) in [5.74, 6) is 5.70. The quantitative estimate of drug-likeness (QED) is 0.458. The van der Waals surface area contributed by atoms with Crippen molar-refractivity contribution >= 4 is 17.2 Å². The SMILES string of the molecule is CC(C)(C)C1CCc2sc(C(=O)NN)cc2C1. The summed E-state index contributed by atoms with van der Waals surface area (Å²) >= 11 is 1.59. The number of nitrogens with one attached hydrogen (secondary N) is 1. The maximum absolute atomic E-state index is 11.5. The van der Waals surface area contributed by atoms with Gasteiger partial charge in [-0.15, -0.1) is 11.3 Å². The number of aryl methyl sites for hydroxylation is 1. The molecule has 1 aliphatic rings. The zero-order valence-corrected chi connectivity index (χ0v) is 11.5. The van der Waals surface area contributed by atoms with Crippen LogP contribution in [0.5, 0.6) is 0 Å². The highest BCUT2D eigenvalue weighted by Crippen LogP contribution is 2.39. The van der Waals surface area contributed by atoms with Gasteiger partial charge in [0, 0.05) is 4.88 Å². The minimum Gasteiger partial charge on any atom is -0.289 e. The fourth-order valence-electron chi connectivity index (χ4n) is 2.45. The molecule has 0 saturated carbocycles. The van der Waals surface area contributed by atoms with Gasteiger partial charge >= 0.3 is 0 Å². The Kier molecular flexibility index (Phi) is 3.27. The van der Waals surface area contributed by atoms with Crippen LogP contribution in [-0.2, 0) is 12.8 Å². The van der Waals surface area contributed by atoms with Crippen molar-refractivity contribution in [2.45, 2.75) is 40.0 Å². The lowest BCUT2D eigenvalue weighted by Gasteiger charge is -2.33. The van der Waals surface area contributed by atoms with Crippen molar-refractivity contribution in [1.29, 1.82) is 0 Å². The van der Waals surface area contributed by atoms with E-state index in [-0.39, 0.29) is 5.91 Å². The average Bonchev–Trinajstić information content (AvgIpc) is 2.69. The van der Waals surface area contributed by atoms with Crippen molar-refractivity contribution in [2.24, 2.45) is 17.2 Å². The Balaban J connectivity index is 2.21. The van der Waals surface area contributed by atoms with Crippen molar-refractivity contribution in [3.05, 3.63) is 21.4 Å². The summed E-state index contributed by atoms with van der Waals surface area (Å²) in [5, 5.41) is 0. The summed E-state index contributed by atoms with van der Waals surface area (Å²) in [4.78, 5) is 13.6. The lowest BCUT2D eigenvalue weighted by molar-refractivity contribution is 0.0957. The number of hydrazine groups is 1. The number of carbonyl (C=O) groups is 1. The van der Waals surface area contributed by atoms with E-state index in [2.05, 4.69) is 26.2 Å². The number of amides is 1. The van der Waals surface area contributed by atoms with Gasteiger partial charge in [0.25, 0.3) is 5.91 Å². The second-order valence-corrected chi connectivity index (χ2v) is 6.98. The third kappa shape index (κ3) is 2.53. The number of nitrogen functional groups attached to an aromatic ring is 1. The van der Waals surface area contributed by atoms with Crippen LogP contribution in [0.4, 0.5) is 0 Å². The Bertz CT molecular complexity index is 431. The summed E-state index contributed by atoms with van der Waals surface area (Å²) in [6, 6.07) is 2.01.